The number of rotatable bonds is 8. The highest BCUT2D eigenvalue weighted by Gasteiger charge is 1.92. The van der Waals surface area contributed by atoms with Crippen LogP contribution >= 0.6 is 0 Å². The van der Waals surface area contributed by atoms with Crippen LogP contribution in [0.4, 0.5) is 0 Å². The molecule has 0 atom stereocenters. The molecule has 0 spiro atoms. The van der Waals surface area contributed by atoms with Crippen LogP contribution in [0.3, 0.4) is 0 Å². The lowest BCUT2D eigenvalue weighted by Gasteiger charge is -1.99. The van der Waals surface area contributed by atoms with E-state index in [1.165, 1.54) is 11.1 Å². The number of allylic oxidation sites excluding steroid dienone is 2. The fourth-order valence-corrected chi connectivity index (χ4v) is 2.34. The summed E-state index contributed by atoms with van der Waals surface area (Å²) >= 11 is 0. The summed E-state index contributed by atoms with van der Waals surface area (Å²) in [5.74, 6) is 0. The molecule has 0 fully saturated rings. The minimum absolute atomic E-state index is 1.06. The molecule has 2 rings (SSSR count). The Morgan fingerprint density at radius 1 is 0.708 bits per heavy atom. The van der Waals surface area contributed by atoms with Crippen molar-refractivity contribution < 1.29 is 0 Å². The van der Waals surface area contributed by atoms with Crippen LogP contribution in [-0.2, 0) is 12.8 Å². The summed E-state index contributed by atoms with van der Waals surface area (Å²) in [5, 5.41) is 8.25. The van der Waals surface area contributed by atoms with Gasteiger partial charge in [0.1, 0.15) is 0 Å². The molecule has 0 unspecified atom stereocenters. The smallest absolute Gasteiger partial charge is 0.0568 e. The Hall–Kier alpha value is -2.48. The second kappa shape index (κ2) is 10.3. The summed E-state index contributed by atoms with van der Waals surface area (Å²) in [6.07, 6.45) is 12.4. The first-order chi connectivity index (χ1) is 11.8. The van der Waals surface area contributed by atoms with Crippen LogP contribution in [0.15, 0.2) is 70.9 Å². The van der Waals surface area contributed by atoms with Crippen molar-refractivity contribution >= 4 is 12.4 Å². The first-order valence-corrected chi connectivity index (χ1v) is 8.71. The molecule has 0 saturated carbocycles. The maximum absolute atomic E-state index is 4.13. The van der Waals surface area contributed by atoms with E-state index in [0.29, 0.717) is 0 Å². The summed E-state index contributed by atoms with van der Waals surface area (Å²) in [6.45, 7) is 4.31. The van der Waals surface area contributed by atoms with E-state index >= 15 is 0 Å². The van der Waals surface area contributed by atoms with Gasteiger partial charge in [-0.1, -0.05) is 74.5 Å². The highest BCUT2D eigenvalue weighted by atomic mass is 15.2. The zero-order valence-corrected chi connectivity index (χ0v) is 14.7. The van der Waals surface area contributed by atoms with Crippen molar-refractivity contribution in [1.29, 1.82) is 0 Å². The second-order valence-corrected chi connectivity index (χ2v) is 5.74. The normalized spacial score (nSPS) is 11.9. The van der Waals surface area contributed by atoms with E-state index in [0.717, 1.165) is 36.8 Å². The van der Waals surface area contributed by atoms with Crippen LogP contribution in [0.25, 0.3) is 0 Å². The van der Waals surface area contributed by atoms with Gasteiger partial charge in [-0.2, -0.15) is 10.2 Å². The third-order valence-corrected chi connectivity index (χ3v) is 3.85. The van der Waals surface area contributed by atoms with Crippen molar-refractivity contribution in [3.05, 3.63) is 82.9 Å². The van der Waals surface area contributed by atoms with Gasteiger partial charge in [-0.25, -0.2) is 0 Å². The van der Waals surface area contributed by atoms with Gasteiger partial charge in [-0.3, -0.25) is 0 Å². The minimum atomic E-state index is 1.06. The van der Waals surface area contributed by atoms with E-state index in [4.69, 9.17) is 0 Å². The Bertz CT molecular complexity index is 677. The maximum Gasteiger partial charge on any atom is 0.0568 e. The lowest BCUT2D eigenvalue weighted by molar-refractivity contribution is 0.992. The SMILES string of the molecule is CCC=CCCc1ccc(C=NN=Cc2ccc(CC)cc2)cc1. The van der Waals surface area contributed by atoms with Crippen molar-refractivity contribution in [2.75, 3.05) is 0 Å². The molecule has 2 heteroatoms. The highest BCUT2D eigenvalue weighted by molar-refractivity contribution is 5.82. The number of hydrogen-bond donors (Lipinski definition) is 0. The van der Waals surface area contributed by atoms with Crippen LogP contribution in [-0.4, -0.2) is 12.4 Å². The first-order valence-electron chi connectivity index (χ1n) is 8.71. The quantitative estimate of drug-likeness (QED) is 0.344. The largest absolute Gasteiger partial charge is 0.159 e. The standard InChI is InChI=1S/C22H26N2/c1-3-5-6-7-8-20-11-15-22(16-12-20)18-24-23-17-21-13-9-19(4-2)10-14-21/h5-6,9-18H,3-4,7-8H2,1-2H3. The highest BCUT2D eigenvalue weighted by Crippen LogP contribution is 2.06. The third-order valence-electron chi connectivity index (χ3n) is 3.85. The van der Waals surface area contributed by atoms with Crippen molar-refractivity contribution in [3.63, 3.8) is 0 Å². The molecule has 0 heterocycles. The molecule has 124 valence electrons. The maximum atomic E-state index is 4.13. The third kappa shape index (κ3) is 6.33. The summed E-state index contributed by atoms with van der Waals surface area (Å²) in [4.78, 5) is 0. The van der Waals surface area contributed by atoms with Gasteiger partial charge in [0.2, 0.25) is 0 Å². The molecule has 2 nitrogen and oxygen atoms in total. The molecule has 0 saturated heterocycles. The molecule has 0 aliphatic carbocycles. The van der Waals surface area contributed by atoms with Gasteiger partial charge >= 0.3 is 0 Å². The lowest BCUT2D eigenvalue weighted by Crippen LogP contribution is -1.86. The van der Waals surface area contributed by atoms with Crippen molar-refractivity contribution in [2.45, 2.75) is 39.5 Å². The fourth-order valence-electron chi connectivity index (χ4n) is 2.34. The number of benzene rings is 2. The Morgan fingerprint density at radius 3 is 1.75 bits per heavy atom. The first kappa shape index (κ1) is 17.9. The van der Waals surface area contributed by atoms with E-state index in [2.05, 4.69) is 84.7 Å². The van der Waals surface area contributed by atoms with Gasteiger partial charge in [0.25, 0.3) is 0 Å². The van der Waals surface area contributed by atoms with Crippen LogP contribution in [0, 0.1) is 0 Å². The summed E-state index contributed by atoms with van der Waals surface area (Å²) in [6, 6.07) is 16.9. The molecule has 0 bridgehead atoms. The van der Waals surface area contributed by atoms with E-state index in [1.807, 2.05) is 0 Å². The Morgan fingerprint density at radius 2 is 1.25 bits per heavy atom. The molecular formula is C22H26N2. The summed E-state index contributed by atoms with van der Waals surface area (Å²) < 4.78 is 0. The van der Waals surface area contributed by atoms with Gasteiger partial charge in [-0.05, 0) is 47.9 Å². The van der Waals surface area contributed by atoms with E-state index in [-0.39, 0.29) is 0 Å². The molecule has 2 aromatic rings. The van der Waals surface area contributed by atoms with Crippen LogP contribution in [0.5, 0.6) is 0 Å². The molecule has 0 aliphatic heterocycles. The van der Waals surface area contributed by atoms with Gasteiger partial charge in [0, 0.05) is 0 Å². The molecule has 0 aromatic heterocycles. The summed E-state index contributed by atoms with van der Waals surface area (Å²) in [7, 11) is 0. The lowest BCUT2D eigenvalue weighted by atomic mass is 10.1. The Labute approximate surface area is 145 Å². The zero-order chi connectivity index (χ0) is 17.0. The topological polar surface area (TPSA) is 24.7 Å². The minimum Gasteiger partial charge on any atom is -0.159 e. The van der Waals surface area contributed by atoms with Crippen molar-refractivity contribution in [2.24, 2.45) is 10.2 Å². The monoisotopic (exact) mass is 318 g/mol. The second-order valence-electron chi connectivity index (χ2n) is 5.74. The van der Waals surface area contributed by atoms with Crippen LogP contribution < -0.4 is 0 Å². The molecule has 0 aliphatic rings. The average Bonchev–Trinajstić information content (AvgIpc) is 2.64. The van der Waals surface area contributed by atoms with E-state index in [1.54, 1.807) is 12.4 Å². The number of hydrogen-bond acceptors (Lipinski definition) is 2. The van der Waals surface area contributed by atoms with Gasteiger partial charge in [0.15, 0.2) is 0 Å². The molecule has 2 aromatic carbocycles. The van der Waals surface area contributed by atoms with Crippen LogP contribution in [0.2, 0.25) is 0 Å². The predicted octanol–water partition coefficient (Wildman–Crippen LogP) is 5.60. The fraction of sp³-hybridized carbons (Fsp3) is 0.273. The molecule has 0 radical (unpaired) electrons. The molecule has 0 amide bonds. The van der Waals surface area contributed by atoms with Gasteiger partial charge < -0.3 is 0 Å². The van der Waals surface area contributed by atoms with Crippen LogP contribution in [0.1, 0.15) is 48.9 Å². The van der Waals surface area contributed by atoms with Crippen molar-refractivity contribution in [1.82, 2.24) is 0 Å². The van der Waals surface area contributed by atoms with Gasteiger partial charge in [-0.15, -0.1) is 0 Å². The zero-order valence-electron chi connectivity index (χ0n) is 14.7. The molecule has 0 N–H and O–H groups in total. The summed E-state index contributed by atoms with van der Waals surface area (Å²) in [5.41, 5.74) is 4.83. The van der Waals surface area contributed by atoms with E-state index in [9.17, 15) is 0 Å². The Kier molecular flexibility index (Phi) is 7.69. The number of nitrogens with zero attached hydrogens (tertiary/aromatic N) is 2. The van der Waals surface area contributed by atoms with Crippen molar-refractivity contribution in [3.8, 4) is 0 Å². The molecule has 24 heavy (non-hydrogen) atoms. The number of aryl methyl sites for hydroxylation is 2. The Balaban J connectivity index is 1.84. The predicted molar refractivity (Wildman–Crippen MR) is 105 cm³/mol. The van der Waals surface area contributed by atoms with Gasteiger partial charge in [0.05, 0.1) is 12.4 Å². The molecular weight excluding hydrogens is 292 g/mol. The van der Waals surface area contributed by atoms with E-state index < -0.39 is 0 Å². The average molecular weight is 318 g/mol.